The molecule has 0 fully saturated rings. The molecular weight excluding hydrogens is 134 g/mol. The largest absolute Gasteiger partial charge is 0.324 e. The predicted molar refractivity (Wildman–Crippen MR) is 49.4 cm³/mol. The van der Waals surface area contributed by atoms with Gasteiger partial charge < -0.3 is 5.73 Å². The number of hydrogen-bond donors (Lipinski definition) is 1. The van der Waals surface area contributed by atoms with Gasteiger partial charge in [-0.3, -0.25) is 0 Å². The molecule has 0 heterocycles. The maximum absolute atomic E-state index is 6.01. The molecular formula is C10H19N. The topological polar surface area (TPSA) is 26.0 Å². The fraction of sp³-hybridized carbons (Fsp3) is 0.800. The molecule has 1 unspecified atom stereocenters. The van der Waals surface area contributed by atoms with E-state index in [1.54, 1.807) is 0 Å². The van der Waals surface area contributed by atoms with E-state index >= 15 is 0 Å². The second-order valence-electron chi connectivity index (χ2n) is 3.91. The Hall–Kier alpha value is -0.300. The summed E-state index contributed by atoms with van der Waals surface area (Å²) >= 11 is 0. The summed E-state index contributed by atoms with van der Waals surface area (Å²) in [5.41, 5.74) is 7.51. The van der Waals surface area contributed by atoms with Crippen LogP contribution in [0.15, 0.2) is 11.6 Å². The van der Waals surface area contributed by atoms with Crippen LogP contribution in [0.3, 0.4) is 0 Å². The zero-order chi connectivity index (χ0) is 8.27. The highest BCUT2D eigenvalue weighted by atomic mass is 14.6. The third kappa shape index (κ3) is 2.66. The Kier molecular flexibility index (Phi) is 3.13. The van der Waals surface area contributed by atoms with Gasteiger partial charge in [0.2, 0.25) is 0 Å². The van der Waals surface area contributed by atoms with E-state index in [4.69, 9.17) is 5.73 Å². The first kappa shape index (κ1) is 8.79. The first-order valence-electron chi connectivity index (χ1n) is 4.64. The molecule has 0 bridgehead atoms. The van der Waals surface area contributed by atoms with Gasteiger partial charge in [0, 0.05) is 6.04 Å². The Morgan fingerprint density at radius 1 is 1.55 bits per heavy atom. The lowest BCUT2D eigenvalue weighted by Gasteiger charge is -2.14. The van der Waals surface area contributed by atoms with E-state index in [-0.39, 0.29) is 0 Å². The molecule has 0 saturated carbocycles. The minimum atomic E-state index is 0.345. The minimum Gasteiger partial charge on any atom is -0.324 e. The third-order valence-corrected chi connectivity index (χ3v) is 2.28. The Bertz CT molecular complexity index is 147. The van der Waals surface area contributed by atoms with Crippen molar-refractivity contribution >= 4 is 0 Å². The average Bonchev–Trinajstić information content (AvgIpc) is 2.35. The third-order valence-electron chi connectivity index (χ3n) is 2.28. The van der Waals surface area contributed by atoms with Crippen LogP contribution >= 0.6 is 0 Å². The predicted octanol–water partition coefficient (Wildman–Crippen LogP) is 2.47. The molecule has 0 amide bonds. The molecule has 0 aliphatic heterocycles. The van der Waals surface area contributed by atoms with Crippen LogP contribution in [0.4, 0.5) is 0 Å². The Morgan fingerprint density at radius 2 is 2.27 bits per heavy atom. The molecule has 0 saturated heterocycles. The van der Waals surface area contributed by atoms with E-state index in [1.807, 2.05) is 0 Å². The van der Waals surface area contributed by atoms with Gasteiger partial charge in [-0.15, -0.1) is 0 Å². The lowest BCUT2D eigenvalue weighted by atomic mass is 9.97. The summed E-state index contributed by atoms with van der Waals surface area (Å²) in [5.74, 6) is 0.728. The first-order valence-corrected chi connectivity index (χ1v) is 4.64. The maximum atomic E-state index is 6.01. The molecule has 0 aromatic rings. The SMILES string of the molecule is CC(C)CC(N)C1=CCCC1. The summed E-state index contributed by atoms with van der Waals surface area (Å²) in [6.45, 7) is 4.46. The number of hydrogen-bond acceptors (Lipinski definition) is 1. The van der Waals surface area contributed by atoms with Gasteiger partial charge in [-0.1, -0.05) is 25.5 Å². The van der Waals surface area contributed by atoms with Crippen LogP contribution in [0.25, 0.3) is 0 Å². The van der Waals surface area contributed by atoms with Gasteiger partial charge in [0.15, 0.2) is 0 Å². The molecule has 0 spiro atoms. The lowest BCUT2D eigenvalue weighted by molar-refractivity contribution is 0.527. The average molecular weight is 153 g/mol. The summed E-state index contributed by atoms with van der Waals surface area (Å²) in [4.78, 5) is 0. The van der Waals surface area contributed by atoms with Crippen LogP contribution in [-0.2, 0) is 0 Å². The van der Waals surface area contributed by atoms with Crippen molar-refractivity contribution in [3.8, 4) is 0 Å². The van der Waals surface area contributed by atoms with Gasteiger partial charge >= 0.3 is 0 Å². The molecule has 0 aromatic heterocycles. The second-order valence-corrected chi connectivity index (χ2v) is 3.91. The van der Waals surface area contributed by atoms with Gasteiger partial charge in [0.25, 0.3) is 0 Å². The molecule has 0 radical (unpaired) electrons. The number of allylic oxidation sites excluding steroid dienone is 1. The van der Waals surface area contributed by atoms with E-state index < -0.39 is 0 Å². The van der Waals surface area contributed by atoms with Crippen molar-refractivity contribution in [3.05, 3.63) is 11.6 Å². The molecule has 1 atom stereocenters. The second kappa shape index (κ2) is 3.91. The highest BCUT2D eigenvalue weighted by Crippen LogP contribution is 2.22. The van der Waals surface area contributed by atoms with E-state index in [9.17, 15) is 0 Å². The summed E-state index contributed by atoms with van der Waals surface area (Å²) in [5, 5.41) is 0. The van der Waals surface area contributed by atoms with Crippen LogP contribution in [0, 0.1) is 5.92 Å². The smallest absolute Gasteiger partial charge is 0.0256 e. The first-order chi connectivity index (χ1) is 5.20. The zero-order valence-corrected chi connectivity index (χ0v) is 7.64. The van der Waals surface area contributed by atoms with Gasteiger partial charge in [0.1, 0.15) is 0 Å². The van der Waals surface area contributed by atoms with Crippen molar-refractivity contribution < 1.29 is 0 Å². The van der Waals surface area contributed by atoms with Gasteiger partial charge in [0.05, 0.1) is 0 Å². The Balaban J connectivity index is 2.34. The summed E-state index contributed by atoms with van der Waals surface area (Å²) in [6, 6.07) is 0.345. The summed E-state index contributed by atoms with van der Waals surface area (Å²) in [6.07, 6.45) is 7.29. The van der Waals surface area contributed by atoms with Crippen molar-refractivity contribution in [2.75, 3.05) is 0 Å². The Labute approximate surface area is 69.7 Å². The van der Waals surface area contributed by atoms with Gasteiger partial charge in [-0.05, 0) is 31.6 Å². The van der Waals surface area contributed by atoms with E-state index in [2.05, 4.69) is 19.9 Å². The Morgan fingerprint density at radius 3 is 2.73 bits per heavy atom. The number of rotatable bonds is 3. The molecule has 2 N–H and O–H groups in total. The van der Waals surface area contributed by atoms with Crippen LogP contribution in [0.1, 0.15) is 39.5 Å². The monoisotopic (exact) mass is 153 g/mol. The van der Waals surface area contributed by atoms with Crippen LogP contribution in [0.5, 0.6) is 0 Å². The minimum absolute atomic E-state index is 0.345. The standard InChI is InChI=1S/C10H19N/c1-8(2)7-10(11)9-5-3-4-6-9/h5,8,10H,3-4,6-7,11H2,1-2H3. The molecule has 1 heteroatoms. The van der Waals surface area contributed by atoms with Crippen LogP contribution < -0.4 is 5.73 Å². The molecule has 11 heavy (non-hydrogen) atoms. The molecule has 0 aromatic carbocycles. The number of nitrogens with two attached hydrogens (primary N) is 1. The quantitative estimate of drug-likeness (QED) is 0.619. The summed E-state index contributed by atoms with van der Waals surface area (Å²) in [7, 11) is 0. The fourth-order valence-corrected chi connectivity index (χ4v) is 1.69. The molecule has 64 valence electrons. The van der Waals surface area contributed by atoms with E-state index in [1.165, 1.54) is 24.8 Å². The maximum Gasteiger partial charge on any atom is 0.0256 e. The highest BCUT2D eigenvalue weighted by Gasteiger charge is 2.13. The highest BCUT2D eigenvalue weighted by molar-refractivity contribution is 5.14. The van der Waals surface area contributed by atoms with Crippen molar-refractivity contribution in [1.29, 1.82) is 0 Å². The van der Waals surface area contributed by atoms with E-state index in [0.29, 0.717) is 6.04 Å². The van der Waals surface area contributed by atoms with Crippen LogP contribution in [-0.4, -0.2) is 6.04 Å². The molecule has 1 aliphatic carbocycles. The zero-order valence-electron chi connectivity index (χ0n) is 7.64. The van der Waals surface area contributed by atoms with Gasteiger partial charge in [-0.2, -0.15) is 0 Å². The van der Waals surface area contributed by atoms with Crippen LogP contribution in [0.2, 0.25) is 0 Å². The van der Waals surface area contributed by atoms with Crippen molar-refractivity contribution in [2.45, 2.75) is 45.6 Å². The van der Waals surface area contributed by atoms with Crippen molar-refractivity contribution in [2.24, 2.45) is 11.7 Å². The normalized spacial score (nSPS) is 20.5. The summed E-state index contributed by atoms with van der Waals surface area (Å²) < 4.78 is 0. The molecule has 1 rings (SSSR count). The van der Waals surface area contributed by atoms with Crippen molar-refractivity contribution in [1.82, 2.24) is 0 Å². The lowest BCUT2D eigenvalue weighted by Crippen LogP contribution is -2.23. The fourth-order valence-electron chi connectivity index (χ4n) is 1.69. The molecule has 1 aliphatic rings. The van der Waals surface area contributed by atoms with Gasteiger partial charge in [-0.25, -0.2) is 0 Å². The molecule has 1 nitrogen and oxygen atoms in total. The van der Waals surface area contributed by atoms with Crippen molar-refractivity contribution in [3.63, 3.8) is 0 Å². The van der Waals surface area contributed by atoms with E-state index in [0.717, 1.165) is 12.3 Å².